The molecule has 0 bridgehead atoms. The summed E-state index contributed by atoms with van der Waals surface area (Å²) in [5.74, 6) is -0.115. The van der Waals surface area contributed by atoms with Crippen LogP contribution < -0.4 is 10.9 Å². The first-order valence-electron chi connectivity index (χ1n) is 10.5. The SMILES string of the molecule is O=C(c1c(Cl)cccc1Cl)N1CCC[C@@H](Nc2nc3cc[nH]c(=O)c3c3cc(F)ccc23)C1. The normalized spacial score (nSPS) is 16.3. The highest BCUT2D eigenvalue weighted by Gasteiger charge is 2.28. The molecule has 9 heteroatoms. The summed E-state index contributed by atoms with van der Waals surface area (Å²) in [5.41, 5.74) is 0.435. The van der Waals surface area contributed by atoms with E-state index in [-0.39, 0.29) is 17.5 Å². The molecular formula is C24H19Cl2FN4O2. The second kappa shape index (κ2) is 8.65. The molecule has 1 fully saturated rings. The lowest BCUT2D eigenvalue weighted by atomic mass is 10.0. The fraction of sp³-hybridized carbons (Fsp3) is 0.208. The van der Waals surface area contributed by atoms with Crippen molar-refractivity contribution in [2.45, 2.75) is 18.9 Å². The first kappa shape index (κ1) is 21.7. The summed E-state index contributed by atoms with van der Waals surface area (Å²) in [6.07, 6.45) is 3.12. The second-order valence-electron chi connectivity index (χ2n) is 8.05. The molecule has 2 aromatic carbocycles. The molecule has 5 rings (SSSR count). The highest BCUT2D eigenvalue weighted by Crippen LogP contribution is 2.30. The van der Waals surface area contributed by atoms with Crippen molar-refractivity contribution in [3.63, 3.8) is 0 Å². The number of likely N-dealkylation sites (tertiary alicyclic amines) is 1. The lowest BCUT2D eigenvalue weighted by Crippen LogP contribution is -2.45. The van der Waals surface area contributed by atoms with Crippen LogP contribution in [0.2, 0.25) is 10.0 Å². The fourth-order valence-corrected chi connectivity index (χ4v) is 4.93. The van der Waals surface area contributed by atoms with E-state index in [2.05, 4.69) is 15.3 Å². The minimum atomic E-state index is -0.435. The van der Waals surface area contributed by atoms with E-state index in [0.717, 1.165) is 12.8 Å². The highest BCUT2D eigenvalue weighted by atomic mass is 35.5. The predicted octanol–water partition coefficient (Wildman–Crippen LogP) is 5.24. The van der Waals surface area contributed by atoms with Crippen LogP contribution in [0.15, 0.2) is 53.5 Å². The average molecular weight is 485 g/mol. The maximum absolute atomic E-state index is 14.0. The number of rotatable bonds is 3. The Morgan fingerprint density at radius 2 is 1.94 bits per heavy atom. The molecule has 4 aromatic rings. The number of aromatic amines is 1. The molecule has 1 amide bonds. The lowest BCUT2D eigenvalue weighted by molar-refractivity contribution is 0.0715. The fourth-order valence-electron chi connectivity index (χ4n) is 4.38. The summed E-state index contributed by atoms with van der Waals surface area (Å²) in [5, 5.41) is 5.51. The summed E-state index contributed by atoms with van der Waals surface area (Å²) in [6.45, 7) is 1.02. The van der Waals surface area contributed by atoms with Gasteiger partial charge in [0.05, 0.1) is 26.5 Å². The number of pyridine rings is 2. The monoisotopic (exact) mass is 484 g/mol. The van der Waals surface area contributed by atoms with Crippen LogP contribution in [0.3, 0.4) is 0 Å². The predicted molar refractivity (Wildman–Crippen MR) is 129 cm³/mol. The molecule has 1 aliphatic heterocycles. The third-order valence-electron chi connectivity index (χ3n) is 5.90. The zero-order valence-corrected chi connectivity index (χ0v) is 18.9. The molecule has 6 nitrogen and oxygen atoms in total. The highest BCUT2D eigenvalue weighted by molar-refractivity contribution is 6.39. The second-order valence-corrected chi connectivity index (χ2v) is 8.86. The van der Waals surface area contributed by atoms with Crippen molar-refractivity contribution in [2.75, 3.05) is 18.4 Å². The van der Waals surface area contributed by atoms with Gasteiger partial charge in [-0.05, 0) is 49.2 Å². The molecule has 0 unspecified atom stereocenters. The topological polar surface area (TPSA) is 78.1 Å². The molecule has 0 spiro atoms. The van der Waals surface area contributed by atoms with Crippen LogP contribution in [0, 0.1) is 5.82 Å². The number of hydrogen-bond acceptors (Lipinski definition) is 4. The molecule has 3 heterocycles. The Labute approximate surface area is 198 Å². The first-order valence-corrected chi connectivity index (χ1v) is 11.3. The number of piperidine rings is 1. The van der Waals surface area contributed by atoms with Gasteiger partial charge in [-0.15, -0.1) is 0 Å². The van der Waals surface area contributed by atoms with Gasteiger partial charge in [0, 0.05) is 36.1 Å². The van der Waals surface area contributed by atoms with Gasteiger partial charge in [-0.2, -0.15) is 0 Å². The molecule has 0 aliphatic carbocycles. The van der Waals surface area contributed by atoms with E-state index in [1.807, 2.05) is 0 Å². The molecule has 33 heavy (non-hydrogen) atoms. The number of benzene rings is 2. The van der Waals surface area contributed by atoms with Crippen molar-refractivity contribution in [2.24, 2.45) is 0 Å². The third-order valence-corrected chi connectivity index (χ3v) is 6.53. The maximum atomic E-state index is 14.0. The molecule has 1 aliphatic rings. The number of H-pyrrole nitrogens is 1. The van der Waals surface area contributed by atoms with Crippen LogP contribution in [-0.4, -0.2) is 39.9 Å². The van der Waals surface area contributed by atoms with Crippen LogP contribution in [0.5, 0.6) is 0 Å². The minimum absolute atomic E-state index is 0.0934. The standard InChI is InChI=1S/C24H19Cl2FN4O2/c25-17-4-1-5-18(26)21(17)24(33)31-10-2-3-14(12-31)29-22-15-7-6-13(27)11-16(15)20-19(30-22)8-9-28-23(20)32/h1,4-9,11,14H,2-3,10,12H2,(H,28,32)(H,29,30)/t14-/m1/s1. The van der Waals surface area contributed by atoms with Crippen LogP contribution in [0.25, 0.3) is 21.7 Å². The van der Waals surface area contributed by atoms with Crippen LogP contribution >= 0.6 is 23.2 Å². The quantitative estimate of drug-likeness (QED) is 0.389. The number of halogens is 3. The van der Waals surface area contributed by atoms with E-state index < -0.39 is 5.82 Å². The van der Waals surface area contributed by atoms with Gasteiger partial charge in [0.2, 0.25) is 0 Å². The first-order chi connectivity index (χ1) is 15.9. The zero-order valence-electron chi connectivity index (χ0n) is 17.4. The number of nitrogens with zero attached hydrogens (tertiary/aromatic N) is 2. The summed E-state index contributed by atoms with van der Waals surface area (Å²) >= 11 is 12.5. The number of amides is 1. The van der Waals surface area contributed by atoms with Crippen molar-refractivity contribution < 1.29 is 9.18 Å². The Morgan fingerprint density at radius 1 is 1.15 bits per heavy atom. The molecule has 1 saturated heterocycles. The van der Waals surface area contributed by atoms with E-state index in [9.17, 15) is 14.0 Å². The van der Waals surface area contributed by atoms with E-state index in [0.29, 0.717) is 56.2 Å². The van der Waals surface area contributed by atoms with Crippen molar-refractivity contribution in [3.8, 4) is 0 Å². The summed E-state index contributed by atoms with van der Waals surface area (Å²) in [7, 11) is 0. The van der Waals surface area contributed by atoms with Crippen LogP contribution in [-0.2, 0) is 0 Å². The Bertz CT molecular complexity index is 1440. The van der Waals surface area contributed by atoms with Gasteiger partial charge in [0.1, 0.15) is 11.6 Å². The Balaban J connectivity index is 1.48. The molecular weight excluding hydrogens is 466 g/mol. The molecule has 1 atom stereocenters. The maximum Gasteiger partial charge on any atom is 0.258 e. The van der Waals surface area contributed by atoms with Gasteiger partial charge in [-0.25, -0.2) is 9.37 Å². The number of hydrogen-bond donors (Lipinski definition) is 2. The minimum Gasteiger partial charge on any atom is -0.365 e. The zero-order chi connectivity index (χ0) is 23.1. The average Bonchev–Trinajstić information content (AvgIpc) is 2.79. The Kier molecular flexibility index (Phi) is 5.68. The van der Waals surface area contributed by atoms with Gasteiger partial charge >= 0.3 is 0 Å². The largest absolute Gasteiger partial charge is 0.365 e. The number of carbonyl (C=O) groups is 1. The van der Waals surface area contributed by atoms with Crippen molar-refractivity contribution in [1.82, 2.24) is 14.9 Å². The molecule has 0 radical (unpaired) electrons. The van der Waals surface area contributed by atoms with Crippen LogP contribution in [0.4, 0.5) is 10.2 Å². The smallest absolute Gasteiger partial charge is 0.258 e. The lowest BCUT2D eigenvalue weighted by Gasteiger charge is -2.34. The van der Waals surface area contributed by atoms with Gasteiger partial charge in [0.15, 0.2) is 0 Å². The third kappa shape index (κ3) is 4.03. The van der Waals surface area contributed by atoms with Crippen LogP contribution in [0.1, 0.15) is 23.2 Å². The molecule has 2 aromatic heterocycles. The molecule has 168 valence electrons. The number of carbonyl (C=O) groups excluding carboxylic acids is 1. The van der Waals surface area contributed by atoms with Gasteiger partial charge in [-0.1, -0.05) is 29.3 Å². The number of fused-ring (bicyclic) bond motifs is 3. The Hall–Kier alpha value is -3.16. The Morgan fingerprint density at radius 3 is 2.73 bits per heavy atom. The van der Waals surface area contributed by atoms with E-state index in [1.54, 1.807) is 35.2 Å². The van der Waals surface area contributed by atoms with E-state index in [4.69, 9.17) is 23.2 Å². The summed E-state index contributed by atoms with van der Waals surface area (Å²) in [4.78, 5) is 34.5. The van der Waals surface area contributed by atoms with Crippen molar-refractivity contribution in [3.05, 3.63) is 80.4 Å². The number of anilines is 1. The van der Waals surface area contributed by atoms with E-state index in [1.165, 1.54) is 18.3 Å². The van der Waals surface area contributed by atoms with Gasteiger partial charge < -0.3 is 15.2 Å². The van der Waals surface area contributed by atoms with Gasteiger partial charge in [-0.3, -0.25) is 9.59 Å². The number of nitrogens with one attached hydrogen (secondary N) is 2. The van der Waals surface area contributed by atoms with E-state index >= 15 is 0 Å². The van der Waals surface area contributed by atoms with Crippen molar-refractivity contribution in [1.29, 1.82) is 0 Å². The van der Waals surface area contributed by atoms with Crippen molar-refractivity contribution >= 4 is 56.6 Å². The summed E-state index contributed by atoms with van der Waals surface area (Å²) in [6, 6.07) is 10.9. The van der Waals surface area contributed by atoms with Gasteiger partial charge in [0.25, 0.3) is 11.5 Å². The number of aromatic nitrogens is 2. The molecule has 0 saturated carbocycles. The summed E-state index contributed by atoms with van der Waals surface area (Å²) < 4.78 is 14.0. The molecule has 2 N–H and O–H groups in total.